The summed E-state index contributed by atoms with van der Waals surface area (Å²) < 4.78 is 11.0. The van der Waals surface area contributed by atoms with E-state index < -0.39 is 11.9 Å². The smallest absolute Gasteiger partial charge is 0.308 e. The van der Waals surface area contributed by atoms with Crippen molar-refractivity contribution in [2.45, 2.75) is 78.2 Å². The highest BCUT2D eigenvalue weighted by Crippen LogP contribution is 2.43. The molecule has 2 amide bonds. The number of ether oxygens (including phenoxy) is 2. The molecular formula is C30H45N3O6. The van der Waals surface area contributed by atoms with Crippen LogP contribution in [-0.2, 0) is 14.4 Å². The van der Waals surface area contributed by atoms with E-state index in [0.717, 1.165) is 50.8 Å². The van der Waals surface area contributed by atoms with Crippen LogP contribution in [0, 0.1) is 11.3 Å². The van der Waals surface area contributed by atoms with E-state index in [1.54, 1.807) is 0 Å². The van der Waals surface area contributed by atoms with E-state index >= 15 is 0 Å². The number of benzene rings is 1. The fourth-order valence-corrected chi connectivity index (χ4v) is 6.22. The van der Waals surface area contributed by atoms with Gasteiger partial charge in [0, 0.05) is 50.1 Å². The third kappa shape index (κ3) is 6.51. The summed E-state index contributed by atoms with van der Waals surface area (Å²) in [5, 5.41) is 10.5. The zero-order chi connectivity index (χ0) is 28.2. The highest BCUT2D eigenvalue weighted by molar-refractivity contribution is 5.84. The average molecular weight is 544 g/mol. The summed E-state index contributed by atoms with van der Waals surface area (Å²) >= 11 is 0. The number of likely N-dealkylation sites (tertiary alicyclic amines) is 2. The summed E-state index contributed by atoms with van der Waals surface area (Å²) in [5.74, 6) is -0.436. The van der Waals surface area contributed by atoms with Crippen LogP contribution in [0.1, 0.15) is 77.7 Å². The molecule has 4 rings (SSSR count). The van der Waals surface area contributed by atoms with Gasteiger partial charge < -0.3 is 24.4 Å². The van der Waals surface area contributed by atoms with E-state index in [0.29, 0.717) is 37.6 Å². The minimum Gasteiger partial charge on any atom is -0.481 e. The highest BCUT2D eigenvalue weighted by Gasteiger charge is 2.48. The van der Waals surface area contributed by atoms with Gasteiger partial charge in [0.15, 0.2) is 11.5 Å². The lowest BCUT2D eigenvalue weighted by Gasteiger charge is -2.31. The van der Waals surface area contributed by atoms with Gasteiger partial charge in [0.05, 0.1) is 12.5 Å². The molecule has 0 spiro atoms. The van der Waals surface area contributed by atoms with Crippen LogP contribution in [-0.4, -0.2) is 89.7 Å². The van der Waals surface area contributed by atoms with Crippen molar-refractivity contribution in [1.82, 2.24) is 14.7 Å². The molecule has 1 aromatic carbocycles. The number of amides is 2. The van der Waals surface area contributed by atoms with Gasteiger partial charge in [-0.3, -0.25) is 19.3 Å². The normalized spacial score (nSPS) is 23.9. The third-order valence-electron chi connectivity index (χ3n) is 8.68. The van der Waals surface area contributed by atoms with Crippen LogP contribution in [0.3, 0.4) is 0 Å². The summed E-state index contributed by atoms with van der Waals surface area (Å²) in [6, 6.07) is 5.27. The highest BCUT2D eigenvalue weighted by atomic mass is 16.7. The second kappa shape index (κ2) is 12.6. The monoisotopic (exact) mass is 543 g/mol. The Hall–Kier alpha value is -2.81. The van der Waals surface area contributed by atoms with Gasteiger partial charge in [0.25, 0.3) is 0 Å². The van der Waals surface area contributed by atoms with Crippen LogP contribution < -0.4 is 9.47 Å². The predicted molar refractivity (Wildman–Crippen MR) is 148 cm³/mol. The number of aliphatic carboxylic acids is 1. The minimum absolute atomic E-state index is 0.0516. The molecule has 0 saturated carbocycles. The summed E-state index contributed by atoms with van der Waals surface area (Å²) in [5.41, 5.74) is 0.491. The SMILES string of the molecule is CCCCN(CCCC)C(=O)CN1C[C@H](c2ccc3c(c2)OCO3)C(C(=O)O)[C@@H]1CCN1CCC(C)(C)C1=O. The Morgan fingerprint density at radius 1 is 1.10 bits per heavy atom. The number of carbonyl (C=O) groups is 3. The number of fused-ring (bicyclic) bond motifs is 1. The molecule has 9 heteroatoms. The van der Waals surface area contributed by atoms with E-state index in [9.17, 15) is 19.5 Å². The van der Waals surface area contributed by atoms with Gasteiger partial charge in [-0.05, 0) is 43.4 Å². The Bertz CT molecular complexity index is 1040. The number of unbranched alkanes of at least 4 members (excludes halogenated alkanes) is 2. The number of hydrogen-bond donors (Lipinski definition) is 1. The molecule has 216 valence electrons. The molecule has 9 nitrogen and oxygen atoms in total. The zero-order valence-electron chi connectivity index (χ0n) is 24.0. The lowest BCUT2D eigenvalue weighted by molar-refractivity contribution is -0.144. The van der Waals surface area contributed by atoms with Crippen LogP contribution >= 0.6 is 0 Å². The molecule has 2 saturated heterocycles. The van der Waals surface area contributed by atoms with Crippen molar-refractivity contribution in [2.24, 2.45) is 11.3 Å². The quantitative estimate of drug-likeness (QED) is 0.402. The lowest BCUT2D eigenvalue weighted by Crippen LogP contribution is -2.46. The van der Waals surface area contributed by atoms with Crippen LogP contribution in [0.5, 0.6) is 11.5 Å². The standard InChI is InChI=1S/C30H45N3O6/c1-5-7-13-31(14-8-6-2)26(34)19-33-18-22(21-9-10-24-25(17-21)39-20-38-24)27(28(35)36)23(33)11-15-32-16-12-30(3,4)29(32)37/h9-10,17,22-23,27H,5-8,11-16,18-20H2,1-4H3,(H,35,36)/t22-,23+,27?/m1/s1. The van der Waals surface area contributed by atoms with Crippen molar-refractivity contribution in [3.8, 4) is 11.5 Å². The van der Waals surface area contributed by atoms with Crippen molar-refractivity contribution in [1.29, 1.82) is 0 Å². The summed E-state index contributed by atoms with van der Waals surface area (Å²) in [4.78, 5) is 45.1. The Morgan fingerprint density at radius 3 is 2.41 bits per heavy atom. The second-order valence-electron chi connectivity index (χ2n) is 11.9. The maximum Gasteiger partial charge on any atom is 0.308 e. The maximum absolute atomic E-state index is 13.6. The van der Waals surface area contributed by atoms with E-state index in [1.807, 2.05) is 41.8 Å². The number of hydrogen-bond acceptors (Lipinski definition) is 6. The van der Waals surface area contributed by atoms with Crippen molar-refractivity contribution >= 4 is 17.8 Å². The molecule has 3 aliphatic heterocycles. The van der Waals surface area contributed by atoms with E-state index in [1.165, 1.54) is 0 Å². The first-order valence-corrected chi connectivity index (χ1v) is 14.6. The summed E-state index contributed by atoms with van der Waals surface area (Å²) in [7, 11) is 0. The van der Waals surface area contributed by atoms with Crippen molar-refractivity contribution < 1.29 is 29.0 Å². The van der Waals surface area contributed by atoms with Gasteiger partial charge in [-0.25, -0.2) is 0 Å². The molecule has 0 aliphatic carbocycles. The fraction of sp³-hybridized carbons (Fsp3) is 0.700. The van der Waals surface area contributed by atoms with Crippen LogP contribution in [0.4, 0.5) is 0 Å². The molecule has 3 atom stereocenters. The summed E-state index contributed by atoms with van der Waals surface area (Å²) in [6.07, 6.45) is 5.22. The van der Waals surface area contributed by atoms with Gasteiger partial charge >= 0.3 is 5.97 Å². The molecule has 1 unspecified atom stereocenters. The largest absolute Gasteiger partial charge is 0.481 e. The predicted octanol–water partition coefficient (Wildman–Crippen LogP) is 3.96. The molecule has 0 radical (unpaired) electrons. The lowest BCUT2D eigenvalue weighted by atomic mass is 9.84. The van der Waals surface area contributed by atoms with Gasteiger partial charge in [0.1, 0.15) is 0 Å². The van der Waals surface area contributed by atoms with Crippen LogP contribution in [0.2, 0.25) is 0 Å². The topological polar surface area (TPSA) is 99.6 Å². The van der Waals surface area contributed by atoms with E-state index in [-0.39, 0.29) is 42.5 Å². The van der Waals surface area contributed by atoms with Gasteiger partial charge in [0.2, 0.25) is 18.6 Å². The Morgan fingerprint density at radius 2 is 1.79 bits per heavy atom. The molecule has 3 heterocycles. The molecule has 3 aliphatic rings. The molecule has 2 fully saturated rings. The fourth-order valence-electron chi connectivity index (χ4n) is 6.22. The molecule has 1 N–H and O–H groups in total. The number of carboxylic acid groups (broad SMARTS) is 1. The molecule has 0 aromatic heterocycles. The molecule has 1 aromatic rings. The molecular weight excluding hydrogens is 498 g/mol. The Kier molecular flexibility index (Phi) is 9.41. The van der Waals surface area contributed by atoms with Gasteiger partial charge in [-0.2, -0.15) is 0 Å². The second-order valence-corrected chi connectivity index (χ2v) is 11.9. The van der Waals surface area contributed by atoms with Crippen molar-refractivity contribution in [3.05, 3.63) is 23.8 Å². The van der Waals surface area contributed by atoms with E-state index in [4.69, 9.17) is 9.47 Å². The number of carboxylic acids is 1. The minimum atomic E-state index is -0.875. The first-order chi connectivity index (χ1) is 18.7. The zero-order valence-corrected chi connectivity index (χ0v) is 24.0. The number of nitrogens with zero attached hydrogens (tertiary/aromatic N) is 3. The van der Waals surface area contributed by atoms with Crippen LogP contribution in [0.15, 0.2) is 18.2 Å². The Balaban J connectivity index is 1.58. The Labute approximate surface area is 232 Å². The number of carbonyl (C=O) groups excluding carboxylic acids is 2. The molecule has 39 heavy (non-hydrogen) atoms. The third-order valence-corrected chi connectivity index (χ3v) is 8.68. The van der Waals surface area contributed by atoms with Gasteiger partial charge in [-0.1, -0.05) is 46.6 Å². The van der Waals surface area contributed by atoms with Gasteiger partial charge in [-0.15, -0.1) is 0 Å². The van der Waals surface area contributed by atoms with Crippen LogP contribution in [0.25, 0.3) is 0 Å². The first kappa shape index (κ1) is 29.2. The molecule has 0 bridgehead atoms. The average Bonchev–Trinajstić information content (AvgIpc) is 3.58. The summed E-state index contributed by atoms with van der Waals surface area (Å²) in [6.45, 7) is 11.6. The first-order valence-electron chi connectivity index (χ1n) is 14.6. The van der Waals surface area contributed by atoms with Crippen molar-refractivity contribution in [3.63, 3.8) is 0 Å². The van der Waals surface area contributed by atoms with E-state index in [2.05, 4.69) is 18.7 Å². The van der Waals surface area contributed by atoms with Crippen molar-refractivity contribution in [2.75, 3.05) is 46.1 Å². The maximum atomic E-state index is 13.6. The number of rotatable bonds is 13.